The summed E-state index contributed by atoms with van der Waals surface area (Å²) in [5.74, 6) is 0. The summed E-state index contributed by atoms with van der Waals surface area (Å²) in [6.07, 6.45) is 0. The van der Waals surface area contributed by atoms with Gasteiger partial charge in [-0.25, -0.2) is 0 Å². The van der Waals surface area contributed by atoms with Crippen LogP contribution in [0.3, 0.4) is 0 Å². The molecule has 17 aromatic carbocycles. The van der Waals surface area contributed by atoms with E-state index in [4.69, 9.17) is 0 Å². The van der Waals surface area contributed by atoms with Gasteiger partial charge in [-0.2, -0.15) is 0 Å². The van der Waals surface area contributed by atoms with E-state index in [1.807, 2.05) is 22.7 Å². The molecule has 23 rings (SSSR count). The van der Waals surface area contributed by atoms with Gasteiger partial charge in [0.05, 0.1) is 27.9 Å². The summed E-state index contributed by atoms with van der Waals surface area (Å²) < 4.78 is 2.62. The van der Waals surface area contributed by atoms with E-state index in [1.165, 1.54) is 179 Å². The van der Waals surface area contributed by atoms with E-state index in [9.17, 15) is 0 Å². The molecular formula is C100H60N2S2. The van der Waals surface area contributed by atoms with Gasteiger partial charge in [-0.05, 0) is 195 Å². The van der Waals surface area contributed by atoms with E-state index in [1.54, 1.807) is 0 Å². The van der Waals surface area contributed by atoms with E-state index in [0.717, 1.165) is 28.4 Å². The molecule has 4 heteroatoms. The van der Waals surface area contributed by atoms with Crippen LogP contribution in [-0.2, 0) is 10.8 Å². The Morgan fingerprint density at radius 3 is 1.32 bits per heavy atom. The van der Waals surface area contributed by atoms with Crippen molar-refractivity contribution < 1.29 is 0 Å². The Morgan fingerprint density at radius 1 is 0.202 bits per heavy atom. The Morgan fingerprint density at radius 2 is 0.644 bits per heavy atom. The Kier molecular flexibility index (Phi) is 12.2. The van der Waals surface area contributed by atoms with Crippen LogP contribution >= 0.6 is 22.7 Å². The minimum atomic E-state index is -0.552. The van der Waals surface area contributed by atoms with Crippen molar-refractivity contribution in [2.24, 2.45) is 0 Å². The lowest BCUT2D eigenvalue weighted by Crippen LogP contribution is -2.25. The Bertz CT molecular complexity index is 6800. The third-order valence-corrected chi connectivity index (χ3v) is 26.0. The first-order valence-corrected chi connectivity index (χ1v) is 37.7. The van der Waals surface area contributed by atoms with Crippen molar-refractivity contribution >= 4 is 120 Å². The maximum atomic E-state index is 2.56. The summed E-state index contributed by atoms with van der Waals surface area (Å²) in [7, 11) is 0. The third kappa shape index (κ3) is 7.82. The highest BCUT2D eigenvalue weighted by Gasteiger charge is 2.56. The quantitative estimate of drug-likeness (QED) is 0.140. The number of hydrogen-bond acceptors (Lipinski definition) is 4. The number of anilines is 6. The fourth-order valence-corrected chi connectivity index (χ4v) is 22.1. The van der Waals surface area contributed by atoms with Crippen LogP contribution in [0, 0.1) is 0 Å². The molecule has 2 spiro atoms. The average Bonchev–Trinajstić information content (AvgIpc) is 1.50. The highest BCUT2D eigenvalue weighted by atomic mass is 32.1. The fourth-order valence-electron chi connectivity index (χ4n) is 19.2. The topological polar surface area (TPSA) is 6.48 Å². The lowest BCUT2D eigenvalue weighted by atomic mass is 9.74. The van der Waals surface area contributed by atoms with E-state index < -0.39 is 10.8 Å². The summed E-state index contributed by atoms with van der Waals surface area (Å²) in [6.45, 7) is 0. The minimum Gasteiger partial charge on any atom is -0.310 e. The Balaban J connectivity index is 0.644. The van der Waals surface area contributed by atoms with Crippen molar-refractivity contribution in [3.63, 3.8) is 0 Å². The summed E-state index contributed by atoms with van der Waals surface area (Å²) >= 11 is 3.94. The molecule has 104 heavy (non-hydrogen) atoms. The third-order valence-electron chi connectivity index (χ3n) is 23.4. The maximum Gasteiger partial charge on any atom is 0.0820 e. The summed E-state index contributed by atoms with van der Waals surface area (Å²) in [6, 6.07) is 138. The smallest absolute Gasteiger partial charge is 0.0820 e. The fraction of sp³-hybridized carbons (Fsp3) is 0.0200. The zero-order valence-corrected chi connectivity index (χ0v) is 58.0. The van der Waals surface area contributed by atoms with Crippen molar-refractivity contribution in [3.05, 3.63) is 407 Å². The average molecular weight is 1350 g/mol. The predicted octanol–water partition coefficient (Wildman–Crippen LogP) is 27.7. The SMILES string of the molecule is c1ccc(N(c2ccc(-c3cc4ccccc4c4cc(-c5ccc6c7c(sc6c5)C5(c6ccccc6-c6c(N(c8cccc9ccccc89)c8cccc9ccccc89)cccc65)c5ccccc5-7)ccc34)cc2)c2ccc3c(c2)C2(c4ccccc4-3)c3ccccc3-c3c2sc2ccccc32)cc1. The van der Waals surface area contributed by atoms with Crippen LogP contribution < -0.4 is 9.80 Å². The van der Waals surface area contributed by atoms with Gasteiger partial charge in [0.15, 0.2) is 0 Å². The molecule has 0 radical (unpaired) electrons. The highest BCUT2D eigenvalue weighted by Crippen LogP contribution is 2.69. The van der Waals surface area contributed by atoms with Crippen LogP contribution in [0.1, 0.15) is 43.1 Å². The highest BCUT2D eigenvalue weighted by molar-refractivity contribution is 7.20. The number of rotatable bonds is 8. The minimum absolute atomic E-state index is 0.459. The lowest BCUT2D eigenvalue weighted by molar-refractivity contribution is 0.811. The predicted molar refractivity (Wildman–Crippen MR) is 440 cm³/mol. The lowest BCUT2D eigenvalue weighted by Gasteiger charge is -2.32. The number of nitrogens with zero attached hydrogens (tertiary/aromatic N) is 2. The molecule has 2 heterocycles. The molecule has 2 nitrogen and oxygen atoms in total. The molecule has 4 aliphatic carbocycles. The molecule has 482 valence electrons. The molecule has 2 aromatic heterocycles. The second-order valence-corrected chi connectivity index (χ2v) is 30.5. The first-order chi connectivity index (χ1) is 51.6. The maximum absolute atomic E-state index is 2.56. The van der Waals surface area contributed by atoms with Crippen LogP contribution in [0.4, 0.5) is 34.1 Å². The first-order valence-electron chi connectivity index (χ1n) is 36.0. The van der Waals surface area contributed by atoms with Gasteiger partial charge in [-0.15, -0.1) is 22.7 Å². The van der Waals surface area contributed by atoms with Crippen LogP contribution in [0.25, 0.3) is 130 Å². The summed E-state index contributed by atoms with van der Waals surface area (Å²) in [4.78, 5) is 7.81. The Labute approximate surface area is 610 Å². The molecule has 19 aromatic rings. The molecule has 0 saturated heterocycles. The van der Waals surface area contributed by atoms with E-state index in [2.05, 4.69) is 374 Å². The molecule has 2 unspecified atom stereocenters. The molecule has 0 bridgehead atoms. The normalized spacial score (nSPS) is 15.4. The van der Waals surface area contributed by atoms with Crippen molar-refractivity contribution in [1.29, 1.82) is 0 Å². The van der Waals surface area contributed by atoms with Crippen molar-refractivity contribution in [1.82, 2.24) is 0 Å². The zero-order valence-electron chi connectivity index (χ0n) is 56.4. The monoisotopic (exact) mass is 1350 g/mol. The van der Waals surface area contributed by atoms with Crippen LogP contribution in [0.5, 0.6) is 0 Å². The van der Waals surface area contributed by atoms with Gasteiger partial charge in [0.25, 0.3) is 0 Å². The van der Waals surface area contributed by atoms with Crippen LogP contribution in [0.2, 0.25) is 0 Å². The standard InChI is InChI=1S/C100H60N2S2/c1-2-28-67(29-3-1)101(69-53-56-75-74-33-10-15-38-83(74)100(88(75)60-69)85-40-17-12-35-77(85)94-79-37-14-19-46-92(79)103-98(94)100)68-51-47-63(48-52-68)81-58-66-25-6-7-30-70(66)82-57-64(49-54-73(81)82)65-50-55-80-93(59-65)104-97-95(80)76-34-11-16-39-84(76)99(97)86-41-18-13-36-78(86)96-87(99)42-22-45-91(96)102(89-43-20-26-61-23-4-8-31-71(61)89)90-44-21-27-62-24-5-9-32-72(62)90/h1-60H. The van der Waals surface area contributed by atoms with Gasteiger partial charge in [0.2, 0.25) is 0 Å². The van der Waals surface area contributed by atoms with Crippen LogP contribution in [-0.4, -0.2) is 0 Å². The molecular weight excluding hydrogens is 1290 g/mol. The summed E-state index contributed by atoms with van der Waals surface area (Å²) in [5.41, 5.74) is 29.2. The molecule has 0 fully saturated rings. The summed E-state index contributed by atoms with van der Waals surface area (Å²) in [5, 5.41) is 12.4. The van der Waals surface area contributed by atoms with Gasteiger partial charge >= 0.3 is 0 Å². The molecule has 4 aliphatic rings. The number of fused-ring (bicyclic) bond motifs is 29. The van der Waals surface area contributed by atoms with Crippen molar-refractivity contribution in [2.75, 3.05) is 9.80 Å². The van der Waals surface area contributed by atoms with Gasteiger partial charge < -0.3 is 9.80 Å². The van der Waals surface area contributed by atoms with Gasteiger partial charge in [-0.1, -0.05) is 285 Å². The molecule has 0 saturated carbocycles. The molecule has 0 aliphatic heterocycles. The first kappa shape index (κ1) is 58.0. The zero-order chi connectivity index (χ0) is 67.9. The van der Waals surface area contributed by atoms with Gasteiger partial charge in [-0.3, -0.25) is 0 Å². The van der Waals surface area contributed by atoms with E-state index in [0.29, 0.717) is 0 Å². The van der Waals surface area contributed by atoms with E-state index >= 15 is 0 Å². The number of hydrogen-bond donors (Lipinski definition) is 0. The van der Waals surface area contributed by atoms with E-state index in [-0.39, 0.29) is 0 Å². The second kappa shape index (κ2) is 21.9. The number of benzene rings is 17. The molecule has 0 N–H and O–H groups in total. The largest absolute Gasteiger partial charge is 0.310 e. The van der Waals surface area contributed by atoms with Crippen molar-refractivity contribution in [3.8, 4) is 66.8 Å². The van der Waals surface area contributed by atoms with Crippen molar-refractivity contribution in [2.45, 2.75) is 10.8 Å². The second-order valence-electron chi connectivity index (χ2n) is 28.4. The number of thiophene rings is 2. The number of para-hydroxylation sites is 1. The van der Waals surface area contributed by atoms with Gasteiger partial charge in [0, 0.05) is 74.5 Å². The molecule has 2 atom stereocenters. The molecule has 0 amide bonds. The van der Waals surface area contributed by atoms with Crippen LogP contribution in [0.15, 0.2) is 364 Å². The Hall–Kier alpha value is -12.7. The van der Waals surface area contributed by atoms with Gasteiger partial charge in [0.1, 0.15) is 0 Å².